The zero-order chi connectivity index (χ0) is 20.1. The first-order valence-electron chi connectivity index (χ1n) is 8.14. The zero-order valence-corrected chi connectivity index (χ0v) is 14.8. The maximum absolute atomic E-state index is 12.3. The summed E-state index contributed by atoms with van der Waals surface area (Å²) >= 11 is 0. The standard InChI is InChI=1S/C19H16F3N3O3/c1-3-13(14-4-6-15(7-5-14)27-19(20,21)22)10-16-12(2)28-25-18(16)24-11-17-23-8-9-26-17/h3-10H,1,11H2,2H3,(H,24,25)/b13-10+. The van der Waals surface area contributed by atoms with E-state index < -0.39 is 6.36 Å². The van der Waals surface area contributed by atoms with Crippen LogP contribution in [0.5, 0.6) is 5.75 Å². The fourth-order valence-corrected chi connectivity index (χ4v) is 2.44. The second kappa shape index (κ2) is 8.03. The van der Waals surface area contributed by atoms with Gasteiger partial charge in [-0.3, -0.25) is 0 Å². The lowest BCUT2D eigenvalue weighted by Crippen LogP contribution is -2.16. The first kappa shape index (κ1) is 19.3. The smallest absolute Gasteiger partial charge is 0.447 e. The highest BCUT2D eigenvalue weighted by molar-refractivity contribution is 5.89. The molecule has 0 fully saturated rings. The molecule has 2 heterocycles. The Hall–Kier alpha value is -3.49. The van der Waals surface area contributed by atoms with Crippen molar-refractivity contribution in [1.82, 2.24) is 10.1 Å². The topological polar surface area (TPSA) is 73.3 Å². The molecule has 146 valence electrons. The largest absolute Gasteiger partial charge is 0.573 e. The summed E-state index contributed by atoms with van der Waals surface area (Å²) in [4.78, 5) is 4.01. The number of benzene rings is 1. The van der Waals surface area contributed by atoms with Gasteiger partial charge in [0.05, 0.1) is 18.3 Å². The van der Waals surface area contributed by atoms with E-state index in [0.29, 0.717) is 40.7 Å². The average Bonchev–Trinajstić information content (AvgIpc) is 3.28. The molecule has 1 aromatic carbocycles. The molecule has 0 saturated carbocycles. The fourth-order valence-electron chi connectivity index (χ4n) is 2.44. The van der Waals surface area contributed by atoms with Gasteiger partial charge in [-0.05, 0) is 36.3 Å². The summed E-state index contributed by atoms with van der Waals surface area (Å²) in [5.41, 5.74) is 2.00. The van der Waals surface area contributed by atoms with Crippen molar-refractivity contribution >= 4 is 17.5 Å². The number of nitrogens with zero attached hydrogens (tertiary/aromatic N) is 2. The number of allylic oxidation sites excluding steroid dienone is 2. The van der Waals surface area contributed by atoms with E-state index in [1.165, 1.54) is 36.7 Å². The van der Waals surface area contributed by atoms with Crippen molar-refractivity contribution in [2.24, 2.45) is 0 Å². The lowest BCUT2D eigenvalue weighted by Gasteiger charge is -2.10. The molecule has 0 atom stereocenters. The molecule has 0 amide bonds. The number of ether oxygens (including phenoxy) is 1. The number of anilines is 1. The number of halogens is 3. The number of oxazole rings is 1. The first-order chi connectivity index (χ1) is 13.4. The van der Waals surface area contributed by atoms with Crippen LogP contribution in [-0.2, 0) is 6.54 Å². The fraction of sp³-hybridized carbons (Fsp3) is 0.158. The third-order valence-corrected chi connectivity index (χ3v) is 3.74. The Balaban J connectivity index is 1.82. The van der Waals surface area contributed by atoms with Gasteiger partial charge in [-0.2, -0.15) is 0 Å². The predicted octanol–water partition coefficient (Wildman–Crippen LogP) is 5.21. The maximum atomic E-state index is 12.3. The number of aromatic nitrogens is 2. The molecule has 0 unspecified atom stereocenters. The van der Waals surface area contributed by atoms with Crippen LogP contribution >= 0.6 is 0 Å². The molecule has 2 aromatic heterocycles. The van der Waals surface area contributed by atoms with Crippen LogP contribution in [0.2, 0.25) is 0 Å². The van der Waals surface area contributed by atoms with Crippen molar-refractivity contribution in [3.05, 3.63) is 72.2 Å². The summed E-state index contributed by atoms with van der Waals surface area (Å²) in [5, 5.41) is 7.04. The van der Waals surface area contributed by atoms with Crippen LogP contribution in [0.15, 0.2) is 58.3 Å². The van der Waals surface area contributed by atoms with Crippen molar-refractivity contribution in [2.45, 2.75) is 19.8 Å². The Morgan fingerprint density at radius 1 is 1.29 bits per heavy atom. The van der Waals surface area contributed by atoms with Crippen molar-refractivity contribution < 1.29 is 26.8 Å². The van der Waals surface area contributed by atoms with Crippen LogP contribution in [0.3, 0.4) is 0 Å². The van der Waals surface area contributed by atoms with Gasteiger partial charge in [0.25, 0.3) is 0 Å². The molecule has 0 aliphatic carbocycles. The molecule has 3 rings (SSSR count). The summed E-state index contributed by atoms with van der Waals surface area (Å²) in [5.74, 6) is 1.23. The van der Waals surface area contributed by atoms with Crippen molar-refractivity contribution in [3.8, 4) is 5.75 Å². The normalized spacial score (nSPS) is 12.1. The minimum Gasteiger partial charge on any atom is -0.447 e. The molecular weight excluding hydrogens is 375 g/mol. The summed E-state index contributed by atoms with van der Waals surface area (Å²) in [6.07, 6.45) is 1.63. The summed E-state index contributed by atoms with van der Waals surface area (Å²) in [7, 11) is 0. The number of hydrogen-bond donors (Lipinski definition) is 1. The second-order valence-corrected chi connectivity index (χ2v) is 5.66. The highest BCUT2D eigenvalue weighted by Gasteiger charge is 2.31. The number of nitrogens with one attached hydrogen (secondary N) is 1. The average molecular weight is 391 g/mol. The van der Waals surface area contributed by atoms with Gasteiger partial charge in [-0.25, -0.2) is 4.98 Å². The Morgan fingerprint density at radius 2 is 2.04 bits per heavy atom. The van der Waals surface area contributed by atoms with Crippen LogP contribution in [0, 0.1) is 6.92 Å². The van der Waals surface area contributed by atoms with Gasteiger partial charge in [-0.15, -0.1) is 13.2 Å². The van der Waals surface area contributed by atoms with Gasteiger partial charge < -0.3 is 19.0 Å². The summed E-state index contributed by atoms with van der Waals surface area (Å²) in [6, 6.07) is 5.50. The number of rotatable bonds is 7. The molecule has 0 bridgehead atoms. The summed E-state index contributed by atoms with van der Waals surface area (Å²) in [6.45, 7) is 5.83. The van der Waals surface area contributed by atoms with E-state index in [1.54, 1.807) is 19.1 Å². The Morgan fingerprint density at radius 3 is 2.64 bits per heavy atom. The highest BCUT2D eigenvalue weighted by atomic mass is 19.4. The van der Waals surface area contributed by atoms with E-state index >= 15 is 0 Å². The Kier molecular flexibility index (Phi) is 5.53. The Labute approximate surface area is 158 Å². The molecular formula is C19H16F3N3O3. The molecule has 3 aromatic rings. The molecule has 0 saturated heterocycles. The van der Waals surface area contributed by atoms with E-state index in [9.17, 15) is 13.2 Å². The third-order valence-electron chi connectivity index (χ3n) is 3.74. The summed E-state index contributed by atoms with van der Waals surface area (Å²) < 4.78 is 51.2. The van der Waals surface area contributed by atoms with Crippen LogP contribution in [-0.4, -0.2) is 16.5 Å². The van der Waals surface area contributed by atoms with Gasteiger partial charge >= 0.3 is 6.36 Å². The molecule has 0 radical (unpaired) electrons. The van der Waals surface area contributed by atoms with Crippen LogP contribution in [0.4, 0.5) is 19.0 Å². The van der Waals surface area contributed by atoms with Gasteiger partial charge in [-0.1, -0.05) is 29.9 Å². The number of alkyl halides is 3. The maximum Gasteiger partial charge on any atom is 0.573 e. The highest BCUT2D eigenvalue weighted by Crippen LogP contribution is 2.29. The number of aryl methyl sites for hydroxylation is 1. The van der Waals surface area contributed by atoms with Crippen LogP contribution in [0.25, 0.3) is 11.6 Å². The molecule has 0 aliphatic heterocycles. The minimum atomic E-state index is -4.73. The molecule has 0 spiro atoms. The predicted molar refractivity (Wildman–Crippen MR) is 96.3 cm³/mol. The first-order valence-corrected chi connectivity index (χ1v) is 8.14. The van der Waals surface area contributed by atoms with Gasteiger partial charge in [0.1, 0.15) is 17.8 Å². The second-order valence-electron chi connectivity index (χ2n) is 5.66. The molecule has 9 heteroatoms. The van der Waals surface area contributed by atoms with Crippen molar-refractivity contribution in [2.75, 3.05) is 5.32 Å². The molecule has 28 heavy (non-hydrogen) atoms. The third kappa shape index (κ3) is 4.81. The van der Waals surface area contributed by atoms with Gasteiger partial charge in [0, 0.05) is 0 Å². The molecule has 0 aliphatic rings. The van der Waals surface area contributed by atoms with E-state index in [-0.39, 0.29) is 5.75 Å². The Bertz CT molecular complexity index is 959. The van der Waals surface area contributed by atoms with Crippen LogP contribution in [0.1, 0.15) is 22.8 Å². The lowest BCUT2D eigenvalue weighted by molar-refractivity contribution is -0.274. The van der Waals surface area contributed by atoms with E-state index in [1.807, 2.05) is 0 Å². The van der Waals surface area contributed by atoms with E-state index in [0.717, 1.165) is 0 Å². The minimum absolute atomic E-state index is 0.297. The van der Waals surface area contributed by atoms with E-state index in [2.05, 4.69) is 26.8 Å². The van der Waals surface area contributed by atoms with Crippen LogP contribution < -0.4 is 10.1 Å². The quantitative estimate of drug-likeness (QED) is 0.558. The number of hydrogen-bond acceptors (Lipinski definition) is 6. The van der Waals surface area contributed by atoms with Gasteiger partial charge in [0.15, 0.2) is 5.82 Å². The lowest BCUT2D eigenvalue weighted by atomic mass is 10.0. The monoisotopic (exact) mass is 391 g/mol. The zero-order valence-electron chi connectivity index (χ0n) is 14.8. The molecule has 6 nitrogen and oxygen atoms in total. The van der Waals surface area contributed by atoms with Crippen molar-refractivity contribution in [3.63, 3.8) is 0 Å². The SMILES string of the molecule is C=C/C(=C\c1c(NCc2ncco2)noc1C)c1ccc(OC(F)(F)F)cc1. The van der Waals surface area contributed by atoms with Gasteiger partial charge in [0.2, 0.25) is 5.89 Å². The molecule has 1 N–H and O–H groups in total. The van der Waals surface area contributed by atoms with E-state index in [4.69, 9.17) is 8.94 Å². The van der Waals surface area contributed by atoms with Crippen molar-refractivity contribution in [1.29, 1.82) is 0 Å².